The number of nitrogens with zero attached hydrogens (tertiary/aromatic N) is 2. The van der Waals surface area contributed by atoms with Crippen LogP contribution in [0.15, 0.2) is 53.4 Å². The van der Waals surface area contributed by atoms with E-state index < -0.39 is 19.9 Å². The van der Waals surface area contributed by atoms with Crippen molar-refractivity contribution < 1.29 is 42.2 Å². The number of benzene rings is 2. The summed E-state index contributed by atoms with van der Waals surface area (Å²) in [6.45, 7) is 6.54. The molecule has 2 aromatic rings. The SMILES string of the molecule is C1CCOC1.Cc1ccc([N+](=O)[O-])cc1.NOC1CCOCC1.O=[N+]([O-])c1ccc(S(=O)(=O)NOC2CCOCC2)cc1. The number of ether oxygens (including phenoxy) is 3. The lowest BCUT2D eigenvalue weighted by Crippen LogP contribution is -2.33. The Bertz CT molecular complexity index is 1170. The second kappa shape index (κ2) is 20.0. The molecule has 0 aromatic heterocycles. The summed E-state index contributed by atoms with van der Waals surface area (Å²) in [7, 11) is -3.84. The van der Waals surface area contributed by atoms with E-state index in [9.17, 15) is 28.6 Å². The van der Waals surface area contributed by atoms with Crippen LogP contribution in [-0.2, 0) is 33.9 Å². The topological polar surface area (TPSA) is 205 Å². The zero-order chi connectivity index (χ0) is 31.5. The van der Waals surface area contributed by atoms with Gasteiger partial charge >= 0.3 is 0 Å². The highest BCUT2D eigenvalue weighted by Gasteiger charge is 2.20. The molecule has 16 heteroatoms. The van der Waals surface area contributed by atoms with Gasteiger partial charge in [0.05, 0.1) is 27.0 Å². The first-order valence-electron chi connectivity index (χ1n) is 13.8. The Morgan fingerprint density at radius 1 is 0.744 bits per heavy atom. The normalized spacial score (nSPS) is 17.3. The van der Waals surface area contributed by atoms with Gasteiger partial charge in [-0.3, -0.25) is 25.1 Å². The minimum Gasteiger partial charge on any atom is -0.381 e. The van der Waals surface area contributed by atoms with E-state index in [0.29, 0.717) is 26.1 Å². The lowest BCUT2D eigenvalue weighted by molar-refractivity contribution is -0.385. The molecule has 3 aliphatic heterocycles. The van der Waals surface area contributed by atoms with Crippen molar-refractivity contribution in [1.29, 1.82) is 0 Å². The van der Waals surface area contributed by atoms with Gasteiger partial charge < -0.3 is 19.0 Å². The van der Waals surface area contributed by atoms with Crippen LogP contribution in [0.1, 0.15) is 44.1 Å². The van der Waals surface area contributed by atoms with Crippen LogP contribution in [0.2, 0.25) is 0 Å². The first-order valence-corrected chi connectivity index (χ1v) is 15.3. The maximum atomic E-state index is 11.9. The van der Waals surface area contributed by atoms with E-state index in [4.69, 9.17) is 24.9 Å². The molecule has 0 atom stereocenters. The molecule has 3 aliphatic rings. The molecule has 3 fully saturated rings. The molecule has 2 aromatic carbocycles. The summed E-state index contributed by atoms with van der Waals surface area (Å²) in [5, 5.41) is 20.6. The number of sulfonamides is 1. The highest BCUT2D eigenvalue weighted by atomic mass is 32.2. The number of nitro groups is 2. The van der Waals surface area contributed by atoms with Gasteiger partial charge in [-0.2, -0.15) is 0 Å². The Balaban J connectivity index is 0.000000231. The highest BCUT2D eigenvalue weighted by Crippen LogP contribution is 2.17. The van der Waals surface area contributed by atoms with Crippen molar-refractivity contribution in [3.8, 4) is 0 Å². The van der Waals surface area contributed by atoms with Crippen molar-refractivity contribution in [2.24, 2.45) is 5.90 Å². The van der Waals surface area contributed by atoms with Crippen LogP contribution in [0, 0.1) is 27.2 Å². The summed E-state index contributed by atoms with van der Waals surface area (Å²) in [6, 6.07) is 11.0. The van der Waals surface area contributed by atoms with Gasteiger partial charge in [-0.25, -0.2) is 14.3 Å². The monoisotopic (exact) mass is 628 g/mol. The second-order valence-corrected chi connectivity index (χ2v) is 11.3. The zero-order valence-electron chi connectivity index (χ0n) is 24.1. The number of rotatable bonds is 7. The van der Waals surface area contributed by atoms with Crippen LogP contribution in [-0.4, -0.2) is 70.1 Å². The Morgan fingerprint density at radius 2 is 1.16 bits per heavy atom. The van der Waals surface area contributed by atoms with Gasteiger partial charge in [0.15, 0.2) is 0 Å². The number of nitrogens with one attached hydrogen (secondary N) is 1. The number of aryl methyl sites for hydroxylation is 1. The minimum absolute atomic E-state index is 0.0878. The Hall–Kier alpha value is -3.09. The molecule has 5 rings (SSSR count). The van der Waals surface area contributed by atoms with Gasteiger partial charge in [-0.05, 0) is 57.6 Å². The van der Waals surface area contributed by atoms with Crippen LogP contribution in [0.3, 0.4) is 0 Å². The van der Waals surface area contributed by atoms with Gasteiger partial charge in [-0.15, -0.1) is 0 Å². The Morgan fingerprint density at radius 3 is 1.53 bits per heavy atom. The third-order valence-electron chi connectivity index (χ3n) is 6.28. The maximum Gasteiger partial charge on any atom is 0.269 e. The van der Waals surface area contributed by atoms with Crippen molar-refractivity contribution in [2.45, 2.75) is 62.6 Å². The van der Waals surface area contributed by atoms with Gasteiger partial charge in [0, 0.05) is 63.9 Å². The number of hydrogen-bond acceptors (Lipinski definition) is 12. The average Bonchev–Trinajstić information content (AvgIpc) is 3.63. The van der Waals surface area contributed by atoms with Gasteiger partial charge in [-0.1, -0.05) is 22.6 Å². The average molecular weight is 629 g/mol. The van der Waals surface area contributed by atoms with E-state index in [1.165, 1.54) is 25.0 Å². The first kappa shape index (κ1) is 36.1. The fourth-order valence-corrected chi connectivity index (χ4v) is 4.56. The molecule has 240 valence electrons. The third-order valence-corrected chi connectivity index (χ3v) is 7.49. The molecule has 3 heterocycles. The van der Waals surface area contributed by atoms with E-state index in [0.717, 1.165) is 69.1 Å². The predicted molar refractivity (Wildman–Crippen MR) is 155 cm³/mol. The first-order chi connectivity index (χ1) is 20.6. The van der Waals surface area contributed by atoms with E-state index in [1.54, 1.807) is 12.1 Å². The van der Waals surface area contributed by atoms with Crippen LogP contribution >= 0.6 is 0 Å². The highest BCUT2D eigenvalue weighted by molar-refractivity contribution is 7.89. The fourth-order valence-electron chi connectivity index (χ4n) is 3.71. The van der Waals surface area contributed by atoms with Crippen molar-refractivity contribution in [3.05, 3.63) is 74.3 Å². The maximum absolute atomic E-state index is 11.9. The summed E-state index contributed by atoms with van der Waals surface area (Å²) in [5.74, 6) is 4.95. The predicted octanol–water partition coefficient (Wildman–Crippen LogP) is 3.74. The molecule has 0 amide bonds. The number of hydrogen-bond donors (Lipinski definition) is 2. The fraction of sp³-hybridized carbons (Fsp3) is 0.556. The summed E-state index contributed by atoms with van der Waals surface area (Å²) in [5.41, 5.74) is 1.01. The number of nitrogens with two attached hydrogens (primary N) is 1. The van der Waals surface area contributed by atoms with E-state index in [-0.39, 0.29) is 28.5 Å². The molecular weight excluding hydrogens is 588 g/mol. The summed E-state index contributed by atoms with van der Waals surface area (Å²) >= 11 is 0. The molecule has 3 N–H and O–H groups in total. The van der Waals surface area contributed by atoms with E-state index in [2.05, 4.69) is 4.84 Å². The molecule has 0 bridgehead atoms. The lowest BCUT2D eigenvalue weighted by Gasteiger charge is -2.21. The lowest BCUT2D eigenvalue weighted by atomic mass is 10.2. The zero-order valence-corrected chi connectivity index (χ0v) is 24.9. The molecule has 0 spiro atoms. The molecular formula is C27H40N4O11S. The van der Waals surface area contributed by atoms with Gasteiger partial charge in [0.25, 0.3) is 21.4 Å². The summed E-state index contributed by atoms with van der Waals surface area (Å²) in [4.78, 5) is 31.3. The molecule has 43 heavy (non-hydrogen) atoms. The Labute approximate surface area is 250 Å². The summed E-state index contributed by atoms with van der Waals surface area (Å²) in [6.07, 6.45) is 5.68. The molecule has 3 saturated heterocycles. The molecule has 0 aliphatic carbocycles. The second-order valence-electron chi connectivity index (χ2n) is 9.63. The Kier molecular flexibility index (Phi) is 16.8. The number of non-ortho nitro benzene ring substituents is 2. The summed E-state index contributed by atoms with van der Waals surface area (Å²) < 4.78 is 39.0. The molecule has 0 radical (unpaired) electrons. The van der Waals surface area contributed by atoms with E-state index >= 15 is 0 Å². The van der Waals surface area contributed by atoms with E-state index in [1.807, 2.05) is 11.8 Å². The van der Waals surface area contributed by atoms with Gasteiger partial charge in [0.2, 0.25) is 0 Å². The van der Waals surface area contributed by atoms with Crippen molar-refractivity contribution in [2.75, 3.05) is 39.6 Å². The van der Waals surface area contributed by atoms with Gasteiger partial charge in [0.1, 0.15) is 0 Å². The molecule has 15 nitrogen and oxygen atoms in total. The van der Waals surface area contributed by atoms with Crippen LogP contribution in [0.25, 0.3) is 0 Å². The van der Waals surface area contributed by atoms with Crippen LogP contribution in [0.4, 0.5) is 11.4 Å². The standard InChI is InChI=1S/C11H14N2O6S.C7H7NO2.C5H11NO2.C4H8O/c14-13(15)9-1-3-11(4-2-9)20(16,17)12-19-10-5-7-18-8-6-10;1-6-2-4-7(5-3-6)8(9)10;6-8-5-1-3-7-4-2-5;1-2-4-5-3-1/h1-4,10,12H,5-8H2;2-5H,1H3;5H,1-4,6H2;1-4H2. The van der Waals surface area contributed by atoms with Crippen LogP contribution in [0.5, 0.6) is 0 Å². The van der Waals surface area contributed by atoms with Crippen molar-refractivity contribution in [3.63, 3.8) is 0 Å². The quantitative estimate of drug-likeness (QED) is 0.332. The largest absolute Gasteiger partial charge is 0.381 e. The minimum atomic E-state index is -3.84. The van der Waals surface area contributed by atoms with Crippen LogP contribution < -0.4 is 10.8 Å². The number of nitro benzene ring substituents is 2. The molecule has 0 unspecified atom stereocenters. The van der Waals surface area contributed by atoms with Crippen molar-refractivity contribution >= 4 is 21.4 Å². The smallest absolute Gasteiger partial charge is 0.269 e. The molecule has 0 saturated carbocycles. The van der Waals surface area contributed by atoms with Crippen molar-refractivity contribution in [1.82, 2.24) is 4.89 Å². The third kappa shape index (κ3) is 14.8.